The summed E-state index contributed by atoms with van der Waals surface area (Å²) in [7, 11) is 0. The Morgan fingerprint density at radius 1 is 0.960 bits per heavy atom. The zero-order chi connectivity index (χ0) is 17.2. The topological polar surface area (TPSA) is 71.8 Å². The lowest BCUT2D eigenvalue weighted by molar-refractivity contribution is -0.117. The van der Waals surface area contributed by atoms with E-state index in [4.69, 9.17) is 5.73 Å². The Morgan fingerprint density at radius 3 is 2.56 bits per heavy atom. The number of carbonyl (C=O) groups is 1. The van der Waals surface area contributed by atoms with E-state index in [1.54, 1.807) is 0 Å². The van der Waals surface area contributed by atoms with Crippen molar-refractivity contribution < 1.29 is 4.79 Å². The van der Waals surface area contributed by atoms with E-state index < -0.39 is 0 Å². The van der Waals surface area contributed by atoms with E-state index in [1.807, 2.05) is 54.9 Å². The molecule has 4 heteroatoms. The molecule has 0 aliphatic heterocycles. The van der Waals surface area contributed by atoms with Crippen LogP contribution < -0.4 is 5.73 Å². The predicted octanol–water partition coefficient (Wildman–Crippen LogP) is 3.92. The van der Waals surface area contributed by atoms with E-state index in [0.717, 1.165) is 38.9 Å². The number of nitrogens with zero attached hydrogens (tertiary/aromatic N) is 1. The van der Waals surface area contributed by atoms with E-state index in [1.165, 1.54) is 0 Å². The van der Waals surface area contributed by atoms with Crippen LogP contribution >= 0.6 is 0 Å². The summed E-state index contributed by atoms with van der Waals surface area (Å²) in [6.07, 6.45) is 4.07. The van der Waals surface area contributed by atoms with Gasteiger partial charge in [-0.3, -0.25) is 4.79 Å². The largest absolute Gasteiger partial charge is 0.369 e. The van der Waals surface area contributed by atoms with Gasteiger partial charge in [0.05, 0.1) is 6.42 Å². The molecular formula is C21H17N3O. The first kappa shape index (κ1) is 15.1. The highest BCUT2D eigenvalue weighted by molar-refractivity contribution is 5.96. The monoisotopic (exact) mass is 327 g/mol. The number of aromatic nitrogens is 2. The third kappa shape index (κ3) is 3.02. The second kappa shape index (κ2) is 6.24. The number of primary amides is 1. The van der Waals surface area contributed by atoms with Crippen LogP contribution in [0, 0.1) is 0 Å². The van der Waals surface area contributed by atoms with E-state index in [0.29, 0.717) is 0 Å². The van der Waals surface area contributed by atoms with Crippen molar-refractivity contribution in [3.8, 4) is 22.3 Å². The SMILES string of the molecule is NC(=O)Cc1cccc(-c2c[nH]c3ncc(-c4ccccc4)cc23)c1. The first-order valence-corrected chi connectivity index (χ1v) is 8.11. The highest BCUT2D eigenvalue weighted by atomic mass is 16.1. The average molecular weight is 327 g/mol. The van der Waals surface area contributed by atoms with Gasteiger partial charge in [-0.15, -0.1) is 0 Å². The first-order chi connectivity index (χ1) is 12.2. The smallest absolute Gasteiger partial charge is 0.221 e. The second-order valence-electron chi connectivity index (χ2n) is 6.03. The summed E-state index contributed by atoms with van der Waals surface area (Å²) >= 11 is 0. The Morgan fingerprint density at radius 2 is 1.76 bits per heavy atom. The van der Waals surface area contributed by atoms with Crippen LogP contribution in [0.15, 0.2) is 73.1 Å². The average Bonchev–Trinajstić information content (AvgIpc) is 3.05. The number of nitrogens with two attached hydrogens (primary N) is 1. The lowest BCUT2D eigenvalue weighted by atomic mass is 10.00. The molecule has 4 rings (SSSR count). The van der Waals surface area contributed by atoms with Gasteiger partial charge in [0.25, 0.3) is 0 Å². The molecule has 1 amide bonds. The molecule has 0 aliphatic carbocycles. The maximum Gasteiger partial charge on any atom is 0.221 e. The van der Waals surface area contributed by atoms with Gasteiger partial charge in [-0.2, -0.15) is 0 Å². The number of rotatable bonds is 4. The Kier molecular flexibility index (Phi) is 3.78. The van der Waals surface area contributed by atoms with Crippen molar-refractivity contribution >= 4 is 16.9 Å². The molecule has 2 heterocycles. The van der Waals surface area contributed by atoms with Gasteiger partial charge in [0.1, 0.15) is 5.65 Å². The molecule has 0 saturated carbocycles. The zero-order valence-corrected chi connectivity index (χ0v) is 13.6. The predicted molar refractivity (Wildman–Crippen MR) is 99.9 cm³/mol. The Labute approximate surface area is 145 Å². The van der Waals surface area contributed by atoms with Crippen LogP contribution in [-0.4, -0.2) is 15.9 Å². The number of amides is 1. The van der Waals surface area contributed by atoms with Crippen molar-refractivity contribution in [2.75, 3.05) is 0 Å². The van der Waals surface area contributed by atoms with Crippen molar-refractivity contribution in [3.63, 3.8) is 0 Å². The molecule has 0 bridgehead atoms. The molecule has 0 fully saturated rings. The van der Waals surface area contributed by atoms with Crippen LogP contribution in [0.25, 0.3) is 33.3 Å². The fraction of sp³-hybridized carbons (Fsp3) is 0.0476. The summed E-state index contributed by atoms with van der Waals surface area (Å²) in [6.45, 7) is 0. The Balaban J connectivity index is 1.81. The van der Waals surface area contributed by atoms with Crippen molar-refractivity contribution in [3.05, 3.63) is 78.6 Å². The van der Waals surface area contributed by atoms with Gasteiger partial charge in [0.15, 0.2) is 0 Å². The van der Waals surface area contributed by atoms with Crippen molar-refractivity contribution in [1.82, 2.24) is 9.97 Å². The number of fused-ring (bicyclic) bond motifs is 1. The van der Waals surface area contributed by atoms with Crippen molar-refractivity contribution in [2.45, 2.75) is 6.42 Å². The molecule has 3 N–H and O–H groups in total. The van der Waals surface area contributed by atoms with Crippen molar-refractivity contribution in [1.29, 1.82) is 0 Å². The van der Waals surface area contributed by atoms with Gasteiger partial charge in [-0.1, -0.05) is 54.6 Å². The minimum absolute atomic E-state index is 0.240. The molecule has 4 nitrogen and oxygen atoms in total. The molecule has 2 aromatic carbocycles. The van der Waals surface area contributed by atoms with Crippen LogP contribution in [0.2, 0.25) is 0 Å². The number of hydrogen-bond acceptors (Lipinski definition) is 2. The van der Waals surface area contributed by atoms with Crippen LogP contribution in [0.5, 0.6) is 0 Å². The summed E-state index contributed by atoms with van der Waals surface area (Å²) in [4.78, 5) is 19.0. The van der Waals surface area contributed by atoms with Crippen LogP contribution in [0.4, 0.5) is 0 Å². The molecule has 0 aliphatic rings. The molecular weight excluding hydrogens is 310 g/mol. The van der Waals surface area contributed by atoms with Gasteiger partial charge in [0, 0.05) is 28.9 Å². The summed E-state index contributed by atoms with van der Waals surface area (Å²) in [5.74, 6) is -0.330. The fourth-order valence-electron chi connectivity index (χ4n) is 3.08. The molecule has 0 unspecified atom stereocenters. The number of carbonyl (C=O) groups excluding carboxylic acids is 1. The third-order valence-electron chi connectivity index (χ3n) is 4.25. The molecule has 0 saturated heterocycles. The lowest BCUT2D eigenvalue weighted by Crippen LogP contribution is -2.13. The zero-order valence-electron chi connectivity index (χ0n) is 13.6. The third-order valence-corrected chi connectivity index (χ3v) is 4.25. The number of nitrogens with one attached hydrogen (secondary N) is 1. The second-order valence-corrected chi connectivity index (χ2v) is 6.03. The Hall–Kier alpha value is -3.40. The molecule has 0 spiro atoms. The number of H-pyrrole nitrogens is 1. The number of benzene rings is 2. The maximum absolute atomic E-state index is 11.2. The minimum atomic E-state index is -0.330. The highest BCUT2D eigenvalue weighted by Gasteiger charge is 2.10. The normalized spacial score (nSPS) is 10.9. The molecule has 4 aromatic rings. The molecule has 25 heavy (non-hydrogen) atoms. The number of pyridine rings is 1. The van der Waals surface area contributed by atoms with Gasteiger partial charge >= 0.3 is 0 Å². The molecule has 122 valence electrons. The summed E-state index contributed by atoms with van der Waals surface area (Å²) in [5, 5.41) is 1.05. The maximum atomic E-state index is 11.2. The van der Waals surface area contributed by atoms with E-state index >= 15 is 0 Å². The van der Waals surface area contributed by atoms with Crippen molar-refractivity contribution in [2.24, 2.45) is 5.73 Å². The quantitative estimate of drug-likeness (QED) is 0.596. The summed E-state index contributed by atoms with van der Waals surface area (Å²) in [5.41, 5.74) is 11.4. The lowest BCUT2D eigenvalue weighted by Gasteiger charge is -2.05. The van der Waals surface area contributed by atoms with Gasteiger partial charge in [-0.05, 0) is 22.8 Å². The molecule has 0 atom stereocenters. The first-order valence-electron chi connectivity index (χ1n) is 8.11. The van der Waals surface area contributed by atoms with E-state index in [-0.39, 0.29) is 12.3 Å². The minimum Gasteiger partial charge on any atom is -0.369 e. The highest BCUT2D eigenvalue weighted by Crippen LogP contribution is 2.31. The van der Waals surface area contributed by atoms with Crippen LogP contribution in [-0.2, 0) is 11.2 Å². The standard InChI is InChI=1S/C21H17N3O/c22-20(25)10-14-5-4-8-16(9-14)19-13-24-21-18(19)11-17(12-23-21)15-6-2-1-3-7-15/h1-9,11-13H,10H2,(H2,22,25)(H,23,24). The summed E-state index contributed by atoms with van der Waals surface area (Å²) < 4.78 is 0. The van der Waals surface area contributed by atoms with Crippen LogP contribution in [0.3, 0.4) is 0 Å². The van der Waals surface area contributed by atoms with Crippen LogP contribution in [0.1, 0.15) is 5.56 Å². The van der Waals surface area contributed by atoms with Gasteiger partial charge < -0.3 is 10.7 Å². The van der Waals surface area contributed by atoms with E-state index in [9.17, 15) is 4.79 Å². The van der Waals surface area contributed by atoms with E-state index in [2.05, 4.69) is 28.2 Å². The number of aromatic amines is 1. The molecule has 0 radical (unpaired) electrons. The summed E-state index contributed by atoms with van der Waals surface area (Å²) in [6, 6.07) is 20.2. The van der Waals surface area contributed by atoms with Gasteiger partial charge in [-0.25, -0.2) is 4.98 Å². The fourth-order valence-corrected chi connectivity index (χ4v) is 3.08. The number of hydrogen-bond donors (Lipinski definition) is 2. The Bertz CT molecular complexity index is 1050. The molecule has 2 aromatic heterocycles. The van der Waals surface area contributed by atoms with Gasteiger partial charge in [0.2, 0.25) is 5.91 Å².